The molecule has 0 aliphatic rings. The number of aromatic nitrogens is 1. The summed E-state index contributed by atoms with van der Waals surface area (Å²) in [5.41, 5.74) is -0.100. The van der Waals surface area contributed by atoms with Crippen LogP contribution < -0.4 is 5.56 Å². The average Bonchev–Trinajstić information content (AvgIpc) is 2.54. The summed E-state index contributed by atoms with van der Waals surface area (Å²) in [4.78, 5) is 35.8. The number of hydrogen-bond acceptors (Lipinski definition) is 5. The number of carboxylic acids is 1. The van der Waals surface area contributed by atoms with Crippen LogP contribution in [0.5, 0.6) is 0 Å². The van der Waals surface area contributed by atoms with Crippen LogP contribution in [0, 0.1) is 0 Å². The maximum Gasteiger partial charge on any atom is 0.341 e. The molecule has 0 aliphatic carbocycles. The summed E-state index contributed by atoms with van der Waals surface area (Å²) in [5.74, 6) is -2.01. The number of esters is 1. The Balaban J connectivity index is 2.47. The van der Waals surface area contributed by atoms with Gasteiger partial charge in [0, 0.05) is 6.20 Å². The molecule has 0 spiro atoms. The Morgan fingerprint density at radius 1 is 1.12 bits per heavy atom. The number of pyridine rings is 1. The van der Waals surface area contributed by atoms with Crippen LogP contribution in [0.25, 0.3) is 11.1 Å². The molecule has 2 aromatic rings. The predicted molar refractivity (Wildman–Crippen MR) is 94.9 cm³/mol. The molecule has 138 valence electrons. The highest BCUT2D eigenvalue weighted by atomic mass is 16.6. The second kappa shape index (κ2) is 7.53. The molecule has 0 aliphatic heterocycles. The van der Waals surface area contributed by atoms with Gasteiger partial charge in [0.1, 0.15) is 17.7 Å². The number of carbonyl (C=O) groups is 2. The van der Waals surface area contributed by atoms with Crippen LogP contribution in [0.4, 0.5) is 0 Å². The zero-order chi connectivity index (χ0) is 19.5. The van der Waals surface area contributed by atoms with Gasteiger partial charge in [0.05, 0.1) is 6.61 Å². The van der Waals surface area contributed by atoms with E-state index in [2.05, 4.69) is 0 Å². The summed E-state index contributed by atoms with van der Waals surface area (Å²) >= 11 is 0. The molecule has 0 fully saturated rings. The third-order valence-corrected chi connectivity index (χ3v) is 3.51. The predicted octanol–water partition coefficient (Wildman–Crippen LogP) is 2.05. The van der Waals surface area contributed by atoms with Crippen molar-refractivity contribution >= 4 is 11.9 Å². The Kier molecular flexibility index (Phi) is 5.62. The Morgan fingerprint density at radius 3 is 2.23 bits per heavy atom. The second-order valence-corrected chi connectivity index (χ2v) is 6.82. The number of carbonyl (C=O) groups excluding carboxylic acids is 1. The molecule has 0 bridgehead atoms. The number of aliphatic hydroxyl groups is 1. The smallest absolute Gasteiger partial charge is 0.341 e. The Hall–Kier alpha value is -2.93. The number of ether oxygens (including phenoxy) is 1. The summed E-state index contributed by atoms with van der Waals surface area (Å²) in [6.07, 6.45) is 1.42. The minimum absolute atomic E-state index is 0.112. The first-order valence-electron chi connectivity index (χ1n) is 8.00. The quantitative estimate of drug-likeness (QED) is 0.792. The van der Waals surface area contributed by atoms with Crippen LogP contribution >= 0.6 is 0 Å². The van der Waals surface area contributed by atoms with Crippen molar-refractivity contribution in [2.24, 2.45) is 0 Å². The molecule has 0 saturated heterocycles. The summed E-state index contributed by atoms with van der Waals surface area (Å²) in [7, 11) is 0. The summed E-state index contributed by atoms with van der Waals surface area (Å²) in [5, 5.41) is 18.4. The van der Waals surface area contributed by atoms with Crippen molar-refractivity contribution in [1.29, 1.82) is 0 Å². The van der Waals surface area contributed by atoms with Gasteiger partial charge in [-0.1, -0.05) is 24.3 Å². The van der Waals surface area contributed by atoms with Crippen molar-refractivity contribution in [1.82, 2.24) is 4.57 Å². The molecule has 2 rings (SSSR count). The van der Waals surface area contributed by atoms with Crippen LogP contribution in [0.3, 0.4) is 0 Å². The van der Waals surface area contributed by atoms with Crippen LogP contribution in [-0.4, -0.2) is 32.3 Å². The molecular weight excluding hydrogens is 338 g/mol. The Labute approximate surface area is 150 Å². The number of aliphatic hydroxyl groups excluding tert-OH is 1. The first-order chi connectivity index (χ1) is 12.1. The molecule has 1 aromatic carbocycles. The number of benzene rings is 1. The molecule has 0 amide bonds. The van der Waals surface area contributed by atoms with E-state index in [-0.39, 0.29) is 13.2 Å². The molecule has 1 heterocycles. The highest BCUT2D eigenvalue weighted by Gasteiger charge is 2.19. The van der Waals surface area contributed by atoms with Gasteiger partial charge in [0.25, 0.3) is 5.56 Å². The Morgan fingerprint density at radius 2 is 1.73 bits per heavy atom. The van der Waals surface area contributed by atoms with Crippen molar-refractivity contribution in [2.45, 2.75) is 39.5 Å². The van der Waals surface area contributed by atoms with E-state index in [0.29, 0.717) is 16.7 Å². The highest BCUT2D eigenvalue weighted by Crippen LogP contribution is 2.20. The standard InChI is InChI=1S/C19H21NO6/c1-19(2,3)26-16(22)10-20-9-14(8-15(17(20)23)18(24)25)13-6-4-12(11-21)5-7-13/h4-9,21H,10-11H2,1-3H3,(H,24,25). The third-order valence-electron chi connectivity index (χ3n) is 3.51. The highest BCUT2D eigenvalue weighted by molar-refractivity contribution is 5.89. The summed E-state index contributed by atoms with van der Waals surface area (Å²) in [6.45, 7) is 4.61. The number of aromatic carboxylic acids is 1. The van der Waals surface area contributed by atoms with E-state index >= 15 is 0 Å². The second-order valence-electron chi connectivity index (χ2n) is 6.82. The van der Waals surface area contributed by atoms with Crippen LogP contribution in [0.2, 0.25) is 0 Å². The van der Waals surface area contributed by atoms with Crippen LogP contribution in [-0.2, 0) is 22.7 Å². The SMILES string of the molecule is CC(C)(C)OC(=O)Cn1cc(-c2ccc(CO)cc2)cc(C(=O)O)c1=O. The molecular formula is C19H21NO6. The number of rotatable bonds is 5. The van der Waals surface area contributed by atoms with E-state index < -0.39 is 28.7 Å². The molecule has 0 radical (unpaired) electrons. The van der Waals surface area contributed by atoms with E-state index in [0.717, 1.165) is 4.57 Å². The van der Waals surface area contributed by atoms with Gasteiger partial charge in [-0.3, -0.25) is 9.59 Å². The van der Waals surface area contributed by atoms with Gasteiger partial charge in [-0.05, 0) is 43.5 Å². The third kappa shape index (κ3) is 4.80. The fraction of sp³-hybridized carbons (Fsp3) is 0.316. The van der Waals surface area contributed by atoms with Gasteiger partial charge in [-0.2, -0.15) is 0 Å². The maximum absolute atomic E-state index is 12.3. The van der Waals surface area contributed by atoms with Gasteiger partial charge in [0.2, 0.25) is 0 Å². The topological polar surface area (TPSA) is 106 Å². The molecule has 7 heteroatoms. The van der Waals surface area contributed by atoms with Crippen molar-refractivity contribution in [2.75, 3.05) is 0 Å². The molecule has 26 heavy (non-hydrogen) atoms. The minimum atomic E-state index is -1.37. The molecule has 1 aromatic heterocycles. The summed E-state index contributed by atoms with van der Waals surface area (Å²) < 4.78 is 6.23. The monoisotopic (exact) mass is 359 g/mol. The molecule has 2 N–H and O–H groups in total. The minimum Gasteiger partial charge on any atom is -0.477 e. The molecule has 0 atom stereocenters. The fourth-order valence-corrected chi connectivity index (χ4v) is 2.38. The van der Waals surface area contributed by atoms with E-state index in [1.807, 2.05) is 0 Å². The molecule has 0 unspecified atom stereocenters. The normalized spacial score (nSPS) is 11.2. The van der Waals surface area contributed by atoms with Gasteiger partial charge in [-0.25, -0.2) is 4.79 Å². The lowest BCUT2D eigenvalue weighted by molar-refractivity contribution is -0.155. The average molecular weight is 359 g/mol. The molecule has 7 nitrogen and oxygen atoms in total. The summed E-state index contributed by atoms with van der Waals surface area (Å²) in [6, 6.07) is 8.06. The van der Waals surface area contributed by atoms with Gasteiger partial charge < -0.3 is 19.5 Å². The van der Waals surface area contributed by atoms with Gasteiger partial charge in [-0.15, -0.1) is 0 Å². The van der Waals surface area contributed by atoms with Crippen molar-refractivity contribution in [3.05, 3.63) is 58.0 Å². The Bertz CT molecular complexity index is 874. The largest absolute Gasteiger partial charge is 0.477 e. The van der Waals surface area contributed by atoms with Crippen LogP contribution in [0.15, 0.2) is 41.3 Å². The van der Waals surface area contributed by atoms with Crippen molar-refractivity contribution < 1.29 is 24.5 Å². The van der Waals surface area contributed by atoms with Gasteiger partial charge >= 0.3 is 11.9 Å². The fourth-order valence-electron chi connectivity index (χ4n) is 2.38. The van der Waals surface area contributed by atoms with E-state index in [1.165, 1.54) is 12.3 Å². The number of nitrogens with zero attached hydrogens (tertiary/aromatic N) is 1. The number of carboxylic acid groups (broad SMARTS) is 1. The van der Waals surface area contributed by atoms with Crippen LogP contribution in [0.1, 0.15) is 36.7 Å². The molecule has 0 saturated carbocycles. The zero-order valence-electron chi connectivity index (χ0n) is 14.9. The van der Waals surface area contributed by atoms with Gasteiger partial charge in [0.15, 0.2) is 0 Å². The lowest BCUT2D eigenvalue weighted by Gasteiger charge is -2.20. The van der Waals surface area contributed by atoms with E-state index in [1.54, 1.807) is 45.0 Å². The van der Waals surface area contributed by atoms with Crippen molar-refractivity contribution in [3.63, 3.8) is 0 Å². The van der Waals surface area contributed by atoms with Crippen molar-refractivity contribution in [3.8, 4) is 11.1 Å². The van der Waals surface area contributed by atoms with E-state index in [9.17, 15) is 19.5 Å². The maximum atomic E-state index is 12.3. The first-order valence-corrected chi connectivity index (χ1v) is 8.00. The number of hydrogen-bond donors (Lipinski definition) is 2. The zero-order valence-corrected chi connectivity index (χ0v) is 14.9. The van der Waals surface area contributed by atoms with E-state index in [4.69, 9.17) is 9.84 Å². The lowest BCUT2D eigenvalue weighted by atomic mass is 10.0. The first kappa shape index (κ1) is 19.4. The lowest BCUT2D eigenvalue weighted by Crippen LogP contribution is -2.32.